The van der Waals surface area contributed by atoms with Gasteiger partial charge in [-0.1, -0.05) is 50.1 Å². The monoisotopic (exact) mass is 509 g/mol. The van der Waals surface area contributed by atoms with Crippen molar-refractivity contribution in [2.24, 2.45) is 4.99 Å². The first-order valence-corrected chi connectivity index (χ1v) is 12.1. The molecule has 0 aliphatic heterocycles. The summed E-state index contributed by atoms with van der Waals surface area (Å²) in [4.78, 5) is 8.42. The minimum absolute atomic E-state index is 0.00956. The lowest BCUT2D eigenvalue weighted by molar-refractivity contribution is -0.0515. The zero-order chi connectivity index (χ0) is 26.9. The van der Waals surface area contributed by atoms with Gasteiger partial charge in [-0.3, -0.25) is 0 Å². The number of hydrogen-bond acceptors (Lipinski definition) is 6. The highest BCUT2D eigenvalue weighted by atomic mass is 19.3. The molecule has 2 N–H and O–H groups in total. The van der Waals surface area contributed by atoms with Gasteiger partial charge in [-0.2, -0.15) is 14.0 Å². The normalized spacial score (nSPS) is 12.8. The zero-order valence-electron chi connectivity index (χ0n) is 21.3. The molecule has 9 heteroatoms. The van der Waals surface area contributed by atoms with Gasteiger partial charge in [0.1, 0.15) is 6.07 Å². The third-order valence-electron chi connectivity index (χ3n) is 4.94. The third kappa shape index (κ3) is 10.5. The first-order valence-electron chi connectivity index (χ1n) is 12.1. The summed E-state index contributed by atoms with van der Waals surface area (Å²) in [6.07, 6.45) is 14.5. The van der Waals surface area contributed by atoms with Gasteiger partial charge in [-0.05, 0) is 44.5 Å². The lowest BCUT2D eigenvalue weighted by Gasteiger charge is -2.16. The summed E-state index contributed by atoms with van der Waals surface area (Å²) < 4.78 is 36.4. The number of pyridine rings is 1. The van der Waals surface area contributed by atoms with Gasteiger partial charge in [0, 0.05) is 24.0 Å². The average Bonchev–Trinajstić information content (AvgIpc) is 2.88. The number of aliphatic imine (C=N–C) groups is 1. The van der Waals surface area contributed by atoms with E-state index in [1.54, 1.807) is 36.5 Å². The van der Waals surface area contributed by atoms with Crippen molar-refractivity contribution in [3.63, 3.8) is 0 Å². The number of rotatable bonds is 15. The number of halogens is 2. The molecule has 2 rings (SSSR count). The van der Waals surface area contributed by atoms with Crippen molar-refractivity contribution < 1.29 is 18.3 Å². The molecule has 0 radical (unpaired) electrons. The van der Waals surface area contributed by atoms with Crippen molar-refractivity contribution in [3.8, 4) is 17.6 Å². The highest BCUT2D eigenvalue weighted by Crippen LogP contribution is 2.34. The molecule has 1 unspecified atom stereocenters. The highest BCUT2D eigenvalue weighted by Gasteiger charge is 2.14. The fourth-order valence-electron chi connectivity index (χ4n) is 3.22. The van der Waals surface area contributed by atoms with Crippen LogP contribution in [0.25, 0.3) is 6.08 Å². The second kappa shape index (κ2) is 16.5. The zero-order valence-corrected chi connectivity index (χ0v) is 21.3. The predicted molar refractivity (Wildman–Crippen MR) is 145 cm³/mol. The number of nitriles is 1. The number of nitrogens with zero attached hydrogens (tertiary/aromatic N) is 3. The van der Waals surface area contributed by atoms with E-state index in [4.69, 9.17) is 10.00 Å². The van der Waals surface area contributed by atoms with Crippen LogP contribution >= 0.6 is 0 Å². The van der Waals surface area contributed by atoms with Crippen LogP contribution in [0.1, 0.15) is 45.6 Å². The Morgan fingerprint density at radius 2 is 2.08 bits per heavy atom. The smallest absolute Gasteiger partial charge is 0.387 e. The maximum absolute atomic E-state index is 12.9. The first kappa shape index (κ1) is 29.0. The third-order valence-corrected chi connectivity index (χ3v) is 4.94. The van der Waals surface area contributed by atoms with E-state index in [-0.39, 0.29) is 11.8 Å². The molecule has 0 saturated heterocycles. The largest absolute Gasteiger partial charge is 0.489 e. The maximum atomic E-state index is 12.9. The maximum Gasteiger partial charge on any atom is 0.387 e. The second-order valence-corrected chi connectivity index (χ2v) is 7.92. The van der Waals surface area contributed by atoms with Crippen LogP contribution in [0.2, 0.25) is 0 Å². The molecule has 2 aromatic rings. The Hall–Kier alpha value is -4.19. The van der Waals surface area contributed by atoms with E-state index in [0.29, 0.717) is 29.3 Å². The molecule has 1 aromatic heterocycles. The number of unbranched alkanes of at least 4 members (excludes halogenated alkanes) is 2. The molecule has 1 atom stereocenters. The molecule has 0 spiro atoms. The first-order chi connectivity index (χ1) is 18.0. The SMILES string of the molecule is C/C=C\C(C#N)=C/N=CNc1ncccc1NC(C)/C=C/c1cccc(OC(F)F)c1OCCCCC. The summed E-state index contributed by atoms with van der Waals surface area (Å²) in [5.41, 5.74) is 1.80. The fourth-order valence-corrected chi connectivity index (χ4v) is 3.22. The van der Waals surface area contributed by atoms with Gasteiger partial charge in [0.15, 0.2) is 17.3 Å². The topological polar surface area (TPSA) is 91.6 Å². The molecular weight excluding hydrogens is 476 g/mol. The molecule has 1 heterocycles. The molecule has 0 bridgehead atoms. The van der Waals surface area contributed by atoms with Crippen LogP contribution < -0.4 is 20.1 Å². The molecular formula is C28H33F2N5O2. The quantitative estimate of drug-likeness (QED) is 0.0868. The molecule has 0 aliphatic carbocycles. The predicted octanol–water partition coefficient (Wildman–Crippen LogP) is 7.19. The number of nitrogens with one attached hydrogen (secondary N) is 2. The van der Waals surface area contributed by atoms with Crippen molar-refractivity contribution in [1.29, 1.82) is 5.26 Å². The van der Waals surface area contributed by atoms with Crippen LogP contribution in [-0.2, 0) is 0 Å². The molecule has 0 amide bonds. The van der Waals surface area contributed by atoms with Crippen molar-refractivity contribution in [3.05, 3.63) is 72.1 Å². The average molecular weight is 510 g/mol. The van der Waals surface area contributed by atoms with Gasteiger partial charge in [0.05, 0.1) is 24.2 Å². The number of para-hydroxylation sites is 1. The minimum Gasteiger partial charge on any atom is -0.489 e. The molecule has 0 saturated carbocycles. The number of aromatic nitrogens is 1. The van der Waals surface area contributed by atoms with Crippen LogP contribution in [0.3, 0.4) is 0 Å². The van der Waals surface area contributed by atoms with Gasteiger partial charge in [0.2, 0.25) is 0 Å². The van der Waals surface area contributed by atoms with E-state index >= 15 is 0 Å². The highest BCUT2D eigenvalue weighted by molar-refractivity contribution is 5.81. The molecule has 37 heavy (non-hydrogen) atoms. The summed E-state index contributed by atoms with van der Waals surface area (Å²) in [6, 6.07) is 10.5. The fraction of sp³-hybridized carbons (Fsp3) is 0.321. The summed E-state index contributed by atoms with van der Waals surface area (Å²) >= 11 is 0. The van der Waals surface area contributed by atoms with E-state index in [9.17, 15) is 8.78 Å². The summed E-state index contributed by atoms with van der Waals surface area (Å²) in [5, 5.41) is 15.4. The Labute approximate surface area is 217 Å². The van der Waals surface area contributed by atoms with E-state index in [1.165, 1.54) is 18.6 Å². The van der Waals surface area contributed by atoms with Crippen molar-refractivity contribution in [2.45, 2.75) is 52.7 Å². The van der Waals surface area contributed by atoms with E-state index < -0.39 is 6.61 Å². The number of alkyl halides is 2. The minimum atomic E-state index is -2.94. The summed E-state index contributed by atoms with van der Waals surface area (Å²) in [5.74, 6) is 0.858. The van der Waals surface area contributed by atoms with Gasteiger partial charge in [-0.25, -0.2) is 9.98 Å². The van der Waals surface area contributed by atoms with E-state index in [2.05, 4.69) is 32.3 Å². The number of hydrogen-bond donors (Lipinski definition) is 2. The van der Waals surface area contributed by atoms with E-state index in [1.807, 2.05) is 38.1 Å². The van der Waals surface area contributed by atoms with Crippen molar-refractivity contribution in [1.82, 2.24) is 4.98 Å². The van der Waals surface area contributed by atoms with Gasteiger partial charge >= 0.3 is 6.61 Å². The van der Waals surface area contributed by atoms with Gasteiger partial charge < -0.3 is 20.1 Å². The number of benzene rings is 1. The van der Waals surface area contributed by atoms with Crippen LogP contribution in [-0.4, -0.2) is 30.6 Å². The van der Waals surface area contributed by atoms with Crippen molar-refractivity contribution >= 4 is 23.9 Å². The summed E-state index contributed by atoms with van der Waals surface area (Å²) in [7, 11) is 0. The van der Waals surface area contributed by atoms with Gasteiger partial charge in [0.25, 0.3) is 0 Å². The lowest BCUT2D eigenvalue weighted by Crippen LogP contribution is -2.14. The van der Waals surface area contributed by atoms with E-state index in [0.717, 1.165) is 24.9 Å². The molecule has 196 valence electrons. The van der Waals surface area contributed by atoms with Crippen molar-refractivity contribution in [2.75, 3.05) is 17.2 Å². The Kier molecular flexibility index (Phi) is 12.9. The van der Waals surface area contributed by atoms with Crippen LogP contribution in [0.4, 0.5) is 20.3 Å². The van der Waals surface area contributed by atoms with Crippen LogP contribution in [0.15, 0.2) is 71.5 Å². The number of allylic oxidation sites excluding steroid dienone is 3. The summed E-state index contributed by atoms with van der Waals surface area (Å²) in [6.45, 7) is 3.33. The molecule has 0 fully saturated rings. The van der Waals surface area contributed by atoms with Crippen LogP contribution in [0.5, 0.6) is 11.5 Å². The number of ether oxygens (including phenoxy) is 2. The Balaban J connectivity index is 2.14. The Bertz CT molecular complexity index is 1140. The van der Waals surface area contributed by atoms with Crippen LogP contribution in [0, 0.1) is 11.3 Å². The second-order valence-electron chi connectivity index (χ2n) is 7.92. The number of anilines is 2. The lowest BCUT2D eigenvalue weighted by atomic mass is 10.1. The Morgan fingerprint density at radius 1 is 1.24 bits per heavy atom. The molecule has 1 aromatic carbocycles. The molecule has 7 nitrogen and oxygen atoms in total. The Morgan fingerprint density at radius 3 is 2.81 bits per heavy atom. The van der Waals surface area contributed by atoms with Gasteiger partial charge in [-0.15, -0.1) is 0 Å². The molecule has 0 aliphatic rings. The standard InChI is InChI=1S/C28H33F2N5O2/c1-4-6-7-17-36-26-23(11-8-13-25(26)37-28(29)30)15-14-21(3)35-24-12-9-16-33-27(24)34-20-32-19-22(18-31)10-5-2/h5,8-16,19-21,28,35H,4,6-7,17H2,1-3H3,(H,32,33,34)/b10-5-,15-14+,22-19+.